The normalized spacial score (nSPS) is 38.3. The molecule has 5 unspecified atom stereocenters. The third-order valence-electron chi connectivity index (χ3n) is 5.70. The van der Waals surface area contributed by atoms with Crippen molar-refractivity contribution in [2.45, 2.75) is 24.4 Å². The van der Waals surface area contributed by atoms with E-state index in [9.17, 15) is 30.7 Å². The summed E-state index contributed by atoms with van der Waals surface area (Å²) in [4.78, 5) is 0. The summed E-state index contributed by atoms with van der Waals surface area (Å²) in [7, 11) is 0. The molecule has 24 heavy (non-hydrogen) atoms. The van der Waals surface area contributed by atoms with Crippen LogP contribution < -0.4 is 0 Å². The van der Waals surface area contributed by atoms with Gasteiger partial charge in [0.15, 0.2) is 28.9 Å². The van der Waals surface area contributed by atoms with Gasteiger partial charge in [-0.25, -0.2) is 35.1 Å². The van der Waals surface area contributed by atoms with E-state index in [1.807, 2.05) is 0 Å². The fraction of sp³-hybridized carbons (Fsp3) is 0.500. The third-order valence-corrected chi connectivity index (χ3v) is 5.70. The van der Waals surface area contributed by atoms with Gasteiger partial charge in [-0.2, -0.15) is 0 Å². The van der Waals surface area contributed by atoms with Gasteiger partial charge < -0.3 is 0 Å². The van der Waals surface area contributed by atoms with Crippen molar-refractivity contribution in [2.24, 2.45) is 23.7 Å². The molecule has 1 aromatic carbocycles. The molecule has 4 rings (SSSR count). The molecule has 130 valence electrons. The van der Waals surface area contributed by atoms with Gasteiger partial charge >= 0.3 is 0 Å². The van der Waals surface area contributed by atoms with E-state index in [0.717, 1.165) is 0 Å². The molecule has 2 fully saturated rings. The van der Waals surface area contributed by atoms with E-state index in [0.29, 0.717) is 6.42 Å². The van der Waals surface area contributed by atoms with Crippen LogP contribution in [0.5, 0.6) is 0 Å². The lowest BCUT2D eigenvalue weighted by molar-refractivity contribution is -0.300. The molecule has 0 spiro atoms. The van der Waals surface area contributed by atoms with Crippen molar-refractivity contribution in [3.8, 4) is 0 Å². The zero-order chi connectivity index (χ0) is 17.6. The van der Waals surface area contributed by atoms with Gasteiger partial charge in [0.2, 0.25) is 5.82 Å². The van der Waals surface area contributed by atoms with Gasteiger partial charge in [0, 0.05) is 23.8 Å². The van der Waals surface area contributed by atoms with Crippen LogP contribution in [0, 0.1) is 52.8 Å². The SMILES string of the molecule is Fc1c(F)c(F)c(CC2(F)C3C4C=CC(C4)C3C2(F)F)c(F)c1F. The van der Waals surface area contributed by atoms with E-state index >= 15 is 4.39 Å². The van der Waals surface area contributed by atoms with E-state index in [-0.39, 0.29) is 0 Å². The highest BCUT2D eigenvalue weighted by Gasteiger charge is 2.81. The van der Waals surface area contributed by atoms with Crippen molar-refractivity contribution in [3.05, 3.63) is 46.8 Å². The molecule has 0 saturated heterocycles. The predicted molar refractivity (Wildman–Crippen MR) is 66.4 cm³/mol. The highest BCUT2D eigenvalue weighted by Crippen LogP contribution is 2.71. The molecule has 0 heterocycles. The molecule has 1 aromatic rings. The Labute approximate surface area is 131 Å². The third kappa shape index (κ3) is 1.59. The number of allylic oxidation sites excluding steroid dienone is 2. The second-order valence-electron chi connectivity index (χ2n) is 6.71. The van der Waals surface area contributed by atoms with Crippen LogP contribution >= 0.6 is 0 Å². The van der Waals surface area contributed by atoms with Crippen molar-refractivity contribution in [1.82, 2.24) is 0 Å². The number of alkyl halides is 3. The standard InChI is InChI=1S/C16H10F8/c17-10-7(11(18)13(20)14(21)12(10)19)4-15(22)8-5-1-2-6(3-5)9(8)16(15,23)24/h1-2,5-6,8-9H,3-4H2. The number of benzene rings is 1. The molecule has 0 N–H and O–H groups in total. The van der Waals surface area contributed by atoms with Crippen molar-refractivity contribution in [1.29, 1.82) is 0 Å². The van der Waals surface area contributed by atoms with Crippen LogP contribution in [0.15, 0.2) is 12.2 Å². The first-order valence-electron chi connectivity index (χ1n) is 7.36. The van der Waals surface area contributed by atoms with Crippen molar-refractivity contribution in [3.63, 3.8) is 0 Å². The summed E-state index contributed by atoms with van der Waals surface area (Å²) < 4.78 is 111. The predicted octanol–water partition coefficient (Wildman–Crippen LogP) is 4.72. The minimum absolute atomic E-state index is 0.313. The molecule has 3 aliphatic carbocycles. The zero-order valence-corrected chi connectivity index (χ0v) is 11.9. The highest BCUT2D eigenvalue weighted by atomic mass is 19.3. The Morgan fingerprint density at radius 2 is 1.21 bits per heavy atom. The van der Waals surface area contributed by atoms with Gasteiger partial charge in [-0.05, 0) is 18.3 Å². The summed E-state index contributed by atoms with van der Waals surface area (Å²) in [6.07, 6.45) is 1.91. The maximum absolute atomic E-state index is 15.1. The van der Waals surface area contributed by atoms with E-state index < -0.39 is 76.3 Å². The Balaban J connectivity index is 1.78. The molecule has 3 aliphatic rings. The van der Waals surface area contributed by atoms with Gasteiger partial charge in [-0.15, -0.1) is 0 Å². The van der Waals surface area contributed by atoms with E-state index in [1.54, 1.807) is 12.2 Å². The first kappa shape index (κ1) is 15.9. The summed E-state index contributed by atoms with van der Waals surface area (Å²) in [6, 6.07) is 0. The average molecular weight is 354 g/mol. The lowest BCUT2D eigenvalue weighted by Gasteiger charge is -2.56. The van der Waals surface area contributed by atoms with Crippen LogP contribution in [-0.2, 0) is 6.42 Å². The molecule has 0 aliphatic heterocycles. The topological polar surface area (TPSA) is 0 Å². The zero-order valence-electron chi connectivity index (χ0n) is 11.9. The smallest absolute Gasteiger partial charge is 0.236 e. The minimum Gasteiger partial charge on any atom is -0.236 e. The minimum atomic E-state index is -3.89. The molecule has 5 atom stereocenters. The number of rotatable bonds is 2. The molecule has 0 amide bonds. The van der Waals surface area contributed by atoms with E-state index in [2.05, 4.69) is 0 Å². The first-order valence-corrected chi connectivity index (χ1v) is 7.36. The second-order valence-corrected chi connectivity index (χ2v) is 6.71. The van der Waals surface area contributed by atoms with E-state index in [4.69, 9.17) is 0 Å². The highest BCUT2D eigenvalue weighted by molar-refractivity contribution is 5.34. The maximum atomic E-state index is 15.1. The number of halogens is 8. The lowest BCUT2D eigenvalue weighted by Crippen LogP contribution is -2.71. The molecule has 0 aromatic heterocycles. The molecular formula is C16H10F8. The van der Waals surface area contributed by atoms with Crippen molar-refractivity contribution in [2.75, 3.05) is 0 Å². The van der Waals surface area contributed by atoms with Crippen molar-refractivity contribution >= 4 is 0 Å². The number of hydrogen-bond acceptors (Lipinski definition) is 0. The van der Waals surface area contributed by atoms with Crippen LogP contribution in [0.4, 0.5) is 35.1 Å². The molecular weight excluding hydrogens is 344 g/mol. The summed E-state index contributed by atoms with van der Waals surface area (Å²) >= 11 is 0. The van der Waals surface area contributed by atoms with Crippen LogP contribution in [0.25, 0.3) is 0 Å². The fourth-order valence-electron chi connectivity index (χ4n) is 4.64. The molecule has 2 bridgehead atoms. The summed E-state index contributed by atoms with van der Waals surface area (Å²) in [5.74, 6) is -18.8. The van der Waals surface area contributed by atoms with Gasteiger partial charge in [-0.1, -0.05) is 12.2 Å². The Hall–Kier alpha value is -1.60. The Bertz CT molecular complexity index is 741. The molecule has 0 radical (unpaired) electrons. The Morgan fingerprint density at radius 3 is 1.75 bits per heavy atom. The number of fused-ring (bicyclic) bond motifs is 5. The maximum Gasteiger partial charge on any atom is 0.285 e. The Kier molecular flexibility index (Phi) is 2.99. The summed E-state index contributed by atoms with van der Waals surface area (Å²) in [5, 5.41) is 0. The molecule has 2 saturated carbocycles. The van der Waals surface area contributed by atoms with Gasteiger partial charge in [0.1, 0.15) is 0 Å². The average Bonchev–Trinajstić information content (AvgIpc) is 3.15. The first-order chi connectivity index (χ1) is 11.1. The number of hydrogen-bond donors (Lipinski definition) is 0. The largest absolute Gasteiger partial charge is 0.285 e. The second kappa shape index (κ2) is 4.52. The van der Waals surface area contributed by atoms with Crippen LogP contribution in [0.1, 0.15) is 12.0 Å². The quantitative estimate of drug-likeness (QED) is 0.312. The summed E-state index contributed by atoms with van der Waals surface area (Å²) in [6.45, 7) is 0. The summed E-state index contributed by atoms with van der Waals surface area (Å²) in [5.41, 5.74) is -4.86. The van der Waals surface area contributed by atoms with Gasteiger partial charge in [0.25, 0.3) is 5.92 Å². The van der Waals surface area contributed by atoms with Gasteiger partial charge in [0.05, 0.1) is 0 Å². The van der Waals surface area contributed by atoms with Crippen LogP contribution in [-0.4, -0.2) is 11.6 Å². The lowest BCUT2D eigenvalue weighted by atomic mass is 9.53. The van der Waals surface area contributed by atoms with Crippen molar-refractivity contribution < 1.29 is 35.1 Å². The van der Waals surface area contributed by atoms with E-state index in [1.165, 1.54) is 0 Å². The monoisotopic (exact) mass is 354 g/mol. The fourth-order valence-corrected chi connectivity index (χ4v) is 4.64. The van der Waals surface area contributed by atoms with Crippen LogP contribution in [0.2, 0.25) is 0 Å². The molecule has 0 nitrogen and oxygen atoms in total. The van der Waals surface area contributed by atoms with Crippen LogP contribution in [0.3, 0.4) is 0 Å². The van der Waals surface area contributed by atoms with Gasteiger partial charge in [-0.3, -0.25) is 0 Å². The molecule has 8 heteroatoms. The Morgan fingerprint density at radius 1 is 0.750 bits per heavy atom.